The average molecular weight is 655 g/mol. The van der Waals surface area contributed by atoms with E-state index in [0.29, 0.717) is 22.3 Å². The van der Waals surface area contributed by atoms with Crippen molar-refractivity contribution in [2.45, 2.75) is 0 Å². The summed E-state index contributed by atoms with van der Waals surface area (Å²) in [7, 11) is 0. The zero-order valence-corrected chi connectivity index (χ0v) is 27.1. The maximum absolute atomic E-state index is 9.37. The van der Waals surface area contributed by atoms with Gasteiger partial charge in [0.05, 0.1) is 11.0 Å². The fourth-order valence-electron chi connectivity index (χ4n) is 7.85. The summed E-state index contributed by atoms with van der Waals surface area (Å²) in [6.45, 7) is 0. The third-order valence-electron chi connectivity index (χ3n) is 10.2. The molecule has 1 aromatic heterocycles. The Morgan fingerprint density at radius 3 is 1.51 bits per heavy atom. The molecule has 0 saturated heterocycles. The molecule has 0 spiro atoms. The Kier molecular flexibility index (Phi) is 4.57. The number of benzene rings is 10. The van der Waals surface area contributed by atoms with Crippen molar-refractivity contribution < 1.29 is 15.4 Å². The monoisotopic (exact) mass is 654 g/mol. The number of furan rings is 1. The lowest BCUT2D eigenvalue weighted by Crippen LogP contribution is -1.91. The summed E-state index contributed by atoms with van der Waals surface area (Å²) < 4.78 is 79.0. The maximum Gasteiger partial charge on any atom is 0.136 e. The van der Waals surface area contributed by atoms with E-state index >= 15 is 0 Å². The minimum absolute atomic E-state index is 0.190. The number of hydrogen-bond donors (Lipinski definition) is 0. The van der Waals surface area contributed by atoms with Crippen LogP contribution in [-0.4, -0.2) is 0 Å². The van der Waals surface area contributed by atoms with E-state index in [0.717, 1.165) is 65.4 Å². The summed E-state index contributed by atoms with van der Waals surface area (Å²) in [6.07, 6.45) is 0. The van der Waals surface area contributed by atoms with Crippen LogP contribution in [0.5, 0.6) is 0 Å². The van der Waals surface area contributed by atoms with E-state index in [2.05, 4.69) is 42.5 Å². The Balaban J connectivity index is 1.19. The van der Waals surface area contributed by atoms with Crippen LogP contribution in [0.4, 0.5) is 0 Å². The summed E-state index contributed by atoms with van der Waals surface area (Å²) in [5.41, 5.74) is 5.28. The van der Waals surface area contributed by atoms with Gasteiger partial charge < -0.3 is 4.42 Å². The van der Waals surface area contributed by atoms with Gasteiger partial charge in [-0.05, 0) is 124 Å². The molecular weight excluding hydrogens is 617 g/mol. The highest BCUT2D eigenvalue weighted by Gasteiger charge is 2.17. The van der Waals surface area contributed by atoms with Crippen LogP contribution in [0.2, 0.25) is 0 Å². The topological polar surface area (TPSA) is 13.1 Å². The molecule has 51 heavy (non-hydrogen) atoms. The van der Waals surface area contributed by atoms with Crippen molar-refractivity contribution in [3.8, 4) is 33.4 Å². The van der Waals surface area contributed by atoms with Gasteiger partial charge in [0.2, 0.25) is 0 Å². The second kappa shape index (κ2) is 10.9. The Morgan fingerprint density at radius 2 is 0.824 bits per heavy atom. The van der Waals surface area contributed by atoms with Crippen molar-refractivity contribution in [3.63, 3.8) is 0 Å². The third-order valence-corrected chi connectivity index (χ3v) is 10.2. The molecule has 0 bridgehead atoms. The lowest BCUT2D eigenvalue weighted by Gasteiger charge is -2.18. The summed E-state index contributed by atoms with van der Waals surface area (Å²) in [5, 5.41) is 8.78. The predicted octanol–water partition coefficient (Wildman–Crippen LogP) is 14.4. The van der Waals surface area contributed by atoms with Crippen LogP contribution >= 0.6 is 0 Å². The number of hydrogen-bond acceptors (Lipinski definition) is 1. The minimum atomic E-state index is -0.426. The van der Waals surface area contributed by atoms with Crippen molar-refractivity contribution in [1.29, 1.82) is 0 Å². The highest BCUT2D eigenvalue weighted by molar-refractivity contribution is 6.22. The third kappa shape index (κ3) is 4.35. The van der Waals surface area contributed by atoms with Gasteiger partial charge in [-0.1, -0.05) is 145 Å². The van der Waals surface area contributed by atoms with Crippen molar-refractivity contribution in [3.05, 3.63) is 182 Å². The van der Waals surface area contributed by atoms with Crippen LogP contribution in [0.3, 0.4) is 0 Å². The Morgan fingerprint density at radius 1 is 0.333 bits per heavy atom. The first kappa shape index (κ1) is 21.4. The lowest BCUT2D eigenvalue weighted by atomic mass is 9.85. The summed E-state index contributed by atoms with van der Waals surface area (Å²) in [4.78, 5) is 0. The maximum atomic E-state index is 9.37. The molecule has 10 aromatic carbocycles. The SMILES string of the molecule is [2H]c1c([2H])c([2H])c2c(-c3ccc4ccc(-c5ccc6c(c5)oc5ccc7ccccc7c56)cc4c3)c3c([2H])c([2H])c([2H])c([2H])c3c(-c3ccc4ccccc4c3)c2c1[2H]. The van der Waals surface area contributed by atoms with E-state index in [1.807, 2.05) is 91.0 Å². The second-order valence-electron chi connectivity index (χ2n) is 13.1. The Hall–Kier alpha value is -6.70. The molecule has 1 nitrogen and oxygen atoms in total. The normalized spacial score (nSPS) is 14.1. The van der Waals surface area contributed by atoms with Crippen molar-refractivity contribution >= 4 is 75.8 Å². The standard InChI is InChI=1S/C50H30O/c1-2-11-34-27-37(21-18-31(34)9-1)48-41-13-5-7-15-43(41)49(44-16-8-6-14-42(44)48)38-22-19-32-17-20-35(28-39(32)29-38)36-23-25-45-47(30-36)51-46-26-24-33-10-3-4-12-40(33)50(45)46/h1-30H/i5D,6D,7D,8D,13D,14D,15D,16D. The van der Waals surface area contributed by atoms with Crippen LogP contribution in [0.1, 0.15) is 11.0 Å². The first-order valence-corrected chi connectivity index (χ1v) is 16.9. The van der Waals surface area contributed by atoms with Gasteiger partial charge in [-0.3, -0.25) is 0 Å². The molecule has 0 aliphatic heterocycles. The smallest absolute Gasteiger partial charge is 0.136 e. The van der Waals surface area contributed by atoms with Gasteiger partial charge in [-0.15, -0.1) is 0 Å². The molecule has 0 aliphatic carbocycles. The number of rotatable bonds is 3. The Labute approximate surface area is 305 Å². The van der Waals surface area contributed by atoms with Crippen LogP contribution in [0.15, 0.2) is 186 Å². The highest BCUT2D eigenvalue weighted by atomic mass is 16.3. The highest BCUT2D eigenvalue weighted by Crippen LogP contribution is 2.45. The zero-order chi connectivity index (χ0) is 40.4. The van der Waals surface area contributed by atoms with Crippen LogP contribution < -0.4 is 0 Å². The molecule has 0 N–H and O–H groups in total. The predicted molar refractivity (Wildman–Crippen MR) is 218 cm³/mol. The summed E-state index contributed by atoms with van der Waals surface area (Å²) in [6, 6.07) is 41.1. The average Bonchev–Trinajstić information content (AvgIpc) is 3.66. The molecule has 0 unspecified atom stereocenters. The summed E-state index contributed by atoms with van der Waals surface area (Å²) in [5.74, 6) is 0. The molecule has 11 rings (SSSR count). The fraction of sp³-hybridized carbons (Fsp3) is 0. The van der Waals surface area contributed by atoms with E-state index in [1.165, 1.54) is 0 Å². The van der Waals surface area contributed by atoms with E-state index in [9.17, 15) is 5.48 Å². The molecule has 1 heteroatoms. The lowest BCUT2D eigenvalue weighted by molar-refractivity contribution is 0.669. The van der Waals surface area contributed by atoms with E-state index < -0.39 is 24.2 Å². The van der Waals surface area contributed by atoms with E-state index in [1.54, 1.807) is 0 Å². The van der Waals surface area contributed by atoms with Crippen LogP contribution in [-0.2, 0) is 0 Å². The molecule has 1 heterocycles. The zero-order valence-electron chi connectivity index (χ0n) is 35.1. The van der Waals surface area contributed by atoms with Gasteiger partial charge in [0, 0.05) is 10.8 Å². The molecule has 0 fully saturated rings. The van der Waals surface area contributed by atoms with Gasteiger partial charge in [-0.2, -0.15) is 0 Å². The largest absolute Gasteiger partial charge is 0.456 e. The van der Waals surface area contributed by atoms with Gasteiger partial charge in [-0.25, -0.2) is 0 Å². The number of fused-ring (bicyclic) bond motifs is 9. The minimum Gasteiger partial charge on any atom is -0.456 e. The molecule has 0 atom stereocenters. The van der Waals surface area contributed by atoms with E-state index in [-0.39, 0.29) is 45.7 Å². The van der Waals surface area contributed by atoms with Crippen molar-refractivity contribution in [1.82, 2.24) is 0 Å². The molecule has 0 radical (unpaired) electrons. The molecule has 11 aromatic rings. The molecule has 0 aliphatic rings. The Bertz CT molecular complexity index is 3580. The fourth-order valence-corrected chi connectivity index (χ4v) is 7.85. The van der Waals surface area contributed by atoms with Crippen molar-refractivity contribution in [2.75, 3.05) is 0 Å². The first-order valence-electron chi connectivity index (χ1n) is 20.9. The first-order chi connectivity index (χ1) is 28.6. The van der Waals surface area contributed by atoms with Crippen LogP contribution in [0.25, 0.3) is 109 Å². The van der Waals surface area contributed by atoms with Crippen LogP contribution in [0, 0.1) is 0 Å². The van der Waals surface area contributed by atoms with Gasteiger partial charge >= 0.3 is 0 Å². The molecule has 0 saturated carbocycles. The van der Waals surface area contributed by atoms with E-state index in [4.69, 9.17) is 9.90 Å². The quantitative estimate of drug-likeness (QED) is 0.173. The van der Waals surface area contributed by atoms with Gasteiger partial charge in [0.1, 0.15) is 11.2 Å². The van der Waals surface area contributed by atoms with Gasteiger partial charge in [0.15, 0.2) is 0 Å². The summed E-state index contributed by atoms with van der Waals surface area (Å²) >= 11 is 0. The molecule has 236 valence electrons. The molecule has 0 amide bonds. The second-order valence-corrected chi connectivity index (χ2v) is 13.1. The van der Waals surface area contributed by atoms with Gasteiger partial charge in [0.25, 0.3) is 0 Å². The van der Waals surface area contributed by atoms with Crippen molar-refractivity contribution in [2.24, 2.45) is 0 Å². The molecular formula is C50H30O.